The van der Waals surface area contributed by atoms with Crippen LogP contribution in [0.3, 0.4) is 0 Å². The van der Waals surface area contributed by atoms with E-state index in [-0.39, 0.29) is 5.37 Å². The molecule has 7 heteroatoms. The van der Waals surface area contributed by atoms with Crippen LogP contribution in [0.5, 0.6) is 5.75 Å². The molecular weight excluding hydrogens is 445 g/mol. The van der Waals surface area contributed by atoms with Crippen molar-refractivity contribution in [3.63, 3.8) is 0 Å². The lowest BCUT2D eigenvalue weighted by atomic mass is 10.2. The van der Waals surface area contributed by atoms with E-state index in [2.05, 4.69) is 22.6 Å². The summed E-state index contributed by atoms with van der Waals surface area (Å²) in [4.78, 5) is 0.334. The number of methoxy groups -OCH3 is 1. The molecule has 122 valence electrons. The zero-order valence-electron chi connectivity index (χ0n) is 12.5. The molecule has 0 bridgehead atoms. The van der Waals surface area contributed by atoms with E-state index in [1.807, 2.05) is 36.4 Å². The molecule has 23 heavy (non-hydrogen) atoms. The molecule has 0 amide bonds. The highest BCUT2D eigenvalue weighted by molar-refractivity contribution is 14.1. The van der Waals surface area contributed by atoms with E-state index >= 15 is 0 Å². The molecule has 1 aliphatic heterocycles. The molecule has 1 aliphatic rings. The van der Waals surface area contributed by atoms with Crippen LogP contribution in [0.4, 0.5) is 0 Å². The van der Waals surface area contributed by atoms with Gasteiger partial charge >= 0.3 is 0 Å². The molecule has 1 atom stereocenters. The summed E-state index contributed by atoms with van der Waals surface area (Å²) >= 11 is 3.79. The van der Waals surface area contributed by atoms with Gasteiger partial charge < -0.3 is 4.74 Å². The Balaban J connectivity index is 1.99. The van der Waals surface area contributed by atoms with Gasteiger partial charge in [0.25, 0.3) is 0 Å². The predicted octanol–water partition coefficient (Wildman–Crippen LogP) is 3.74. The fraction of sp³-hybridized carbons (Fsp3) is 0.250. The number of sulfonamides is 1. The maximum atomic E-state index is 13.0. The Hall–Kier alpha value is -0.770. The maximum Gasteiger partial charge on any atom is 0.244 e. The van der Waals surface area contributed by atoms with E-state index in [9.17, 15) is 8.42 Å². The van der Waals surface area contributed by atoms with Crippen molar-refractivity contribution in [2.75, 3.05) is 19.4 Å². The number of hydrogen-bond acceptors (Lipinski definition) is 4. The van der Waals surface area contributed by atoms with E-state index in [0.29, 0.717) is 11.4 Å². The molecule has 0 aliphatic carbocycles. The lowest BCUT2D eigenvalue weighted by Gasteiger charge is -2.24. The van der Waals surface area contributed by atoms with E-state index in [1.54, 1.807) is 35.3 Å². The van der Waals surface area contributed by atoms with Crippen molar-refractivity contribution in [2.45, 2.75) is 10.3 Å². The summed E-state index contributed by atoms with van der Waals surface area (Å²) in [6, 6.07) is 14.6. The molecule has 0 aromatic heterocycles. The van der Waals surface area contributed by atoms with Crippen molar-refractivity contribution >= 4 is 44.4 Å². The number of hydrogen-bond donors (Lipinski definition) is 0. The summed E-state index contributed by atoms with van der Waals surface area (Å²) in [6.07, 6.45) is 0. The molecule has 4 nitrogen and oxygen atoms in total. The highest BCUT2D eigenvalue weighted by Gasteiger charge is 2.38. The quantitative estimate of drug-likeness (QED) is 0.652. The molecule has 0 radical (unpaired) electrons. The standard InChI is InChI=1S/C16H16INO3S2/c1-21-15-5-3-2-4-14(15)16-18(10-11-22-16)23(19,20)13-8-6-12(17)7-9-13/h2-9,16H,10-11H2,1H3/t16-/m0/s1. The third-order valence-corrected chi connectivity index (χ3v) is 7.65. The van der Waals surface area contributed by atoms with Gasteiger partial charge in [-0.05, 0) is 52.9 Å². The van der Waals surface area contributed by atoms with Gasteiger partial charge in [0.05, 0.1) is 17.4 Å². The number of halogens is 1. The number of para-hydroxylation sites is 1. The van der Waals surface area contributed by atoms with Gasteiger partial charge in [-0.25, -0.2) is 8.42 Å². The minimum Gasteiger partial charge on any atom is -0.496 e. The molecule has 1 saturated heterocycles. The lowest BCUT2D eigenvalue weighted by Crippen LogP contribution is -2.30. The number of benzene rings is 2. The summed E-state index contributed by atoms with van der Waals surface area (Å²) in [5.74, 6) is 1.49. The summed E-state index contributed by atoms with van der Waals surface area (Å²) in [7, 11) is -1.92. The van der Waals surface area contributed by atoms with Crippen LogP contribution in [-0.2, 0) is 10.0 Å². The summed E-state index contributed by atoms with van der Waals surface area (Å²) < 4.78 is 34.0. The van der Waals surface area contributed by atoms with Crippen LogP contribution in [0.25, 0.3) is 0 Å². The topological polar surface area (TPSA) is 46.6 Å². The van der Waals surface area contributed by atoms with E-state index < -0.39 is 10.0 Å². The molecular formula is C16H16INO3S2. The SMILES string of the molecule is COc1ccccc1[C@@H]1SCCN1S(=O)(=O)c1ccc(I)cc1. The molecule has 0 N–H and O–H groups in total. The first-order valence-corrected chi connectivity index (χ1v) is 10.6. The van der Waals surface area contributed by atoms with Crippen molar-refractivity contribution in [3.8, 4) is 5.75 Å². The van der Waals surface area contributed by atoms with Gasteiger partial charge in [0.1, 0.15) is 5.75 Å². The minimum absolute atomic E-state index is 0.254. The fourth-order valence-corrected chi connectivity index (χ4v) is 6.18. The Bertz CT molecular complexity index is 793. The molecule has 0 unspecified atom stereocenters. The molecule has 2 aromatic carbocycles. The average molecular weight is 461 g/mol. The highest BCUT2D eigenvalue weighted by Crippen LogP contribution is 2.44. The number of nitrogens with zero attached hydrogens (tertiary/aromatic N) is 1. The van der Waals surface area contributed by atoms with E-state index in [4.69, 9.17) is 4.74 Å². The normalized spacial score (nSPS) is 19.0. The van der Waals surface area contributed by atoms with Crippen molar-refractivity contribution in [2.24, 2.45) is 0 Å². The van der Waals surface area contributed by atoms with Crippen LogP contribution in [0, 0.1) is 3.57 Å². The Morgan fingerprint density at radius 3 is 2.57 bits per heavy atom. The summed E-state index contributed by atoms with van der Waals surface area (Å²) in [5, 5.41) is -0.254. The molecule has 0 saturated carbocycles. The van der Waals surface area contributed by atoms with Gasteiger partial charge in [-0.15, -0.1) is 11.8 Å². The van der Waals surface area contributed by atoms with Crippen LogP contribution in [0.1, 0.15) is 10.9 Å². The Morgan fingerprint density at radius 1 is 1.17 bits per heavy atom. The third-order valence-electron chi connectivity index (χ3n) is 3.67. The molecule has 3 rings (SSSR count). The number of ether oxygens (including phenoxy) is 1. The second-order valence-corrected chi connectivity index (χ2v) is 9.36. The largest absolute Gasteiger partial charge is 0.496 e. The van der Waals surface area contributed by atoms with Gasteiger partial charge in [0, 0.05) is 21.4 Å². The van der Waals surface area contributed by atoms with Crippen molar-refractivity contribution < 1.29 is 13.2 Å². The zero-order chi connectivity index (χ0) is 16.4. The van der Waals surface area contributed by atoms with Crippen molar-refractivity contribution in [1.82, 2.24) is 4.31 Å². The van der Waals surface area contributed by atoms with Gasteiger partial charge in [0.2, 0.25) is 10.0 Å². The summed E-state index contributed by atoms with van der Waals surface area (Å²) in [6.45, 7) is 0.502. The first kappa shape index (κ1) is 17.1. The Labute approximate surface area is 154 Å². The molecule has 1 heterocycles. The van der Waals surface area contributed by atoms with Crippen molar-refractivity contribution in [1.29, 1.82) is 0 Å². The fourth-order valence-electron chi connectivity index (χ4n) is 2.56. The minimum atomic E-state index is -3.52. The molecule has 2 aromatic rings. The van der Waals surface area contributed by atoms with Crippen LogP contribution in [0.15, 0.2) is 53.4 Å². The van der Waals surface area contributed by atoms with Gasteiger partial charge in [-0.3, -0.25) is 0 Å². The first-order chi connectivity index (χ1) is 11.0. The van der Waals surface area contributed by atoms with Crippen molar-refractivity contribution in [3.05, 3.63) is 57.7 Å². The first-order valence-electron chi connectivity index (χ1n) is 7.06. The zero-order valence-corrected chi connectivity index (χ0v) is 16.3. The predicted molar refractivity (Wildman–Crippen MR) is 101 cm³/mol. The van der Waals surface area contributed by atoms with Gasteiger partial charge in [0.15, 0.2) is 0 Å². The van der Waals surface area contributed by atoms with E-state index in [1.165, 1.54) is 0 Å². The van der Waals surface area contributed by atoms with Crippen LogP contribution in [-0.4, -0.2) is 32.1 Å². The van der Waals surface area contributed by atoms with Gasteiger partial charge in [-0.1, -0.05) is 18.2 Å². The second kappa shape index (κ2) is 7.00. The van der Waals surface area contributed by atoms with Crippen LogP contribution >= 0.6 is 34.4 Å². The van der Waals surface area contributed by atoms with Crippen LogP contribution < -0.4 is 4.74 Å². The lowest BCUT2D eigenvalue weighted by molar-refractivity contribution is 0.390. The Kier molecular flexibility index (Phi) is 5.19. The average Bonchev–Trinajstić information content (AvgIpc) is 3.05. The number of rotatable bonds is 4. The Morgan fingerprint density at radius 2 is 1.87 bits per heavy atom. The number of thioether (sulfide) groups is 1. The second-order valence-electron chi connectivity index (χ2n) is 5.03. The molecule has 1 fully saturated rings. The van der Waals surface area contributed by atoms with Crippen LogP contribution in [0.2, 0.25) is 0 Å². The molecule has 0 spiro atoms. The highest BCUT2D eigenvalue weighted by atomic mass is 127. The summed E-state index contributed by atoms with van der Waals surface area (Å²) in [5.41, 5.74) is 0.895. The van der Waals surface area contributed by atoms with E-state index in [0.717, 1.165) is 20.6 Å². The maximum absolute atomic E-state index is 13.0. The smallest absolute Gasteiger partial charge is 0.244 e. The monoisotopic (exact) mass is 461 g/mol. The third kappa shape index (κ3) is 3.38. The van der Waals surface area contributed by atoms with Gasteiger partial charge in [-0.2, -0.15) is 4.31 Å².